The summed E-state index contributed by atoms with van der Waals surface area (Å²) in [5.74, 6) is 0.636. The molecule has 0 atom stereocenters. The maximum atomic E-state index is 6.66. The Hall–Kier alpha value is -8.54. The molecule has 5 nitrogen and oxygen atoms in total. The first-order chi connectivity index (χ1) is 31.2. The maximum Gasteiger partial charge on any atom is 0.160 e. The van der Waals surface area contributed by atoms with Crippen LogP contribution in [0.2, 0.25) is 0 Å². The van der Waals surface area contributed by atoms with Gasteiger partial charge in [-0.2, -0.15) is 0 Å². The standard InChI is InChI=1S/C58H34N2O3/c1-2-13-37(14-3-1)58-59-50(36-29-27-35(28-30-36)39-18-10-21-46-42-15-4-7-24-52(42)61-55(39)46)34-51(60-58)49-33-38(40-19-11-22-47-43-16-5-8-25-53(43)62-56(40)47)31-32-41(49)45-20-12-23-48-44-17-6-9-26-54(44)63-57(45)48/h1-34H. The molecule has 13 aromatic rings. The predicted octanol–water partition coefficient (Wildman–Crippen LogP) is 16.2. The largest absolute Gasteiger partial charge is 0.455 e. The minimum atomic E-state index is 0.636. The molecule has 9 aromatic carbocycles. The van der Waals surface area contributed by atoms with E-state index in [-0.39, 0.29) is 0 Å². The lowest BCUT2D eigenvalue weighted by Crippen LogP contribution is -1.97. The molecule has 4 heterocycles. The monoisotopic (exact) mass is 806 g/mol. The van der Waals surface area contributed by atoms with E-state index < -0.39 is 0 Å². The molecular formula is C58H34N2O3. The zero-order valence-electron chi connectivity index (χ0n) is 33.7. The smallest absolute Gasteiger partial charge is 0.160 e. The lowest BCUT2D eigenvalue weighted by atomic mass is 9.91. The third kappa shape index (κ3) is 5.71. The highest BCUT2D eigenvalue weighted by Crippen LogP contribution is 2.44. The van der Waals surface area contributed by atoms with Crippen LogP contribution < -0.4 is 0 Å². The molecule has 0 fully saturated rings. The minimum Gasteiger partial charge on any atom is -0.455 e. The van der Waals surface area contributed by atoms with Gasteiger partial charge in [0, 0.05) is 65.7 Å². The number of aromatic nitrogens is 2. The topological polar surface area (TPSA) is 65.2 Å². The molecule has 0 aliphatic rings. The Morgan fingerprint density at radius 1 is 0.254 bits per heavy atom. The van der Waals surface area contributed by atoms with Gasteiger partial charge in [-0.05, 0) is 47.0 Å². The van der Waals surface area contributed by atoms with Crippen LogP contribution in [0.5, 0.6) is 0 Å². The lowest BCUT2D eigenvalue weighted by molar-refractivity contribution is 0.669. The first-order valence-electron chi connectivity index (χ1n) is 21.1. The first kappa shape index (κ1) is 35.2. The van der Waals surface area contributed by atoms with Gasteiger partial charge >= 0.3 is 0 Å². The van der Waals surface area contributed by atoms with E-state index in [1.807, 2.05) is 54.6 Å². The van der Waals surface area contributed by atoms with Crippen molar-refractivity contribution < 1.29 is 13.3 Å². The quantitative estimate of drug-likeness (QED) is 0.167. The van der Waals surface area contributed by atoms with E-state index in [2.05, 4.69) is 152 Å². The van der Waals surface area contributed by atoms with Crippen LogP contribution >= 0.6 is 0 Å². The molecule has 5 heteroatoms. The molecule has 0 saturated carbocycles. The van der Waals surface area contributed by atoms with Crippen LogP contribution in [0.4, 0.5) is 0 Å². The van der Waals surface area contributed by atoms with Crippen molar-refractivity contribution in [2.45, 2.75) is 0 Å². The minimum absolute atomic E-state index is 0.636. The maximum absolute atomic E-state index is 6.66. The fourth-order valence-electron chi connectivity index (χ4n) is 9.34. The highest BCUT2D eigenvalue weighted by atomic mass is 16.3. The number of para-hydroxylation sites is 6. The fourth-order valence-corrected chi connectivity index (χ4v) is 9.34. The van der Waals surface area contributed by atoms with Crippen LogP contribution in [-0.4, -0.2) is 9.97 Å². The molecule has 0 N–H and O–H groups in total. The molecule has 13 rings (SSSR count). The van der Waals surface area contributed by atoms with Crippen LogP contribution in [0.15, 0.2) is 220 Å². The van der Waals surface area contributed by atoms with Gasteiger partial charge in [0.1, 0.15) is 33.5 Å². The van der Waals surface area contributed by atoms with Crippen molar-refractivity contribution in [3.63, 3.8) is 0 Å². The second-order valence-electron chi connectivity index (χ2n) is 16.0. The van der Waals surface area contributed by atoms with E-state index in [9.17, 15) is 0 Å². The van der Waals surface area contributed by atoms with Crippen molar-refractivity contribution in [3.05, 3.63) is 206 Å². The highest BCUT2D eigenvalue weighted by molar-refractivity contribution is 6.13. The fraction of sp³-hybridized carbons (Fsp3) is 0. The summed E-state index contributed by atoms with van der Waals surface area (Å²) < 4.78 is 19.7. The first-order valence-corrected chi connectivity index (χ1v) is 21.1. The number of furan rings is 3. The zero-order chi connectivity index (χ0) is 41.4. The van der Waals surface area contributed by atoms with Crippen molar-refractivity contribution in [2.24, 2.45) is 0 Å². The van der Waals surface area contributed by atoms with E-state index in [0.717, 1.165) is 127 Å². The summed E-state index contributed by atoms with van der Waals surface area (Å²) in [5.41, 5.74) is 15.7. The summed E-state index contributed by atoms with van der Waals surface area (Å²) in [5, 5.41) is 6.54. The van der Waals surface area contributed by atoms with Crippen LogP contribution in [0.1, 0.15) is 0 Å². The number of benzene rings is 9. The molecule has 0 unspecified atom stereocenters. The number of hydrogen-bond donors (Lipinski definition) is 0. The second-order valence-corrected chi connectivity index (χ2v) is 16.0. The molecule has 63 heavy (non-hydrogen) atoms. The van der Waals surface area contributed by atoms with E-state index in [1.165, 1.54) is 0 Å². The zero-order valence-corrected chi connectivity index (χ0v) is 33.7. The van der Waals surface area contributed by atoms with Gasteiger partial charge in [-0.3, -0.25) is 0 Å². The summed E-state index contributed by atoms with van der Waals surface area (Å²) in [6, 6.07) is 71.3. The van der Waals surface area contributed by atoms with Gasteiger partial charge < -0.3 is 13.3 Å². The van der Waals surface area contributed by atoms with Gasteiger partial charge in [0.05, 0.1) is 11.4 Å². The van der Waals surface area contributed by atoms with E-state index in [0.29, 0.717) is 5.82 Å². The van der Waals surface area contributed by atoms with Gasteiger partial charge in [0.15, 0.2) is 5.82 Å². The van der Waals surface area contributed by atoms with Crippen LogP contribution in [0.3, 0.4) is 0 Å². The van der Waals surface area contributed by atoms with Crippen LogP contribution in [0, 0.1) is 0 Å². The van der Waals surface area contributed by atoms with Crippen molar-refractivity contribution >= 4 is 65.8 Å². The summed E-state index contributed by atoms with van der Waals surface area (Å²) in [7, 11) is 0. The van der Waals surface area contributed by atoms with Gasteiger partial charge in [-0.1, -0.05) is 176 Å². The number of fused-ring (bicyclic) bond motifs is 9. The van der Waals surface area contributed by atoms with Gasteiger partial charge in [-0.25, -0.2) is 9.97 Å². The molecule has 0 bridgehead atoms. The molecule has 0 aliphatic carbocycles. The van der Waals surface area contributed by atoms with Crippen LogP contribution in [-0.2, 0) is 0 Å². The molecule has 0 aliphatic heterocycles. The van der Waals surface area contributed by atoms with Gasteiger partial charge in [0.25, 0.3) is 0 Å². The Morgan fingerprint density at radius 3 is 1.29 bits per heavy atom. The molecule has 0 saturated heterocycles. The summed E-state index contributed by atoms with van der Waals surface area (Å²) >= 11 is 0. The average Bonchev–Trinajstić information content (AvgIpc) is 4.06. The normalized spacial score (nSPS) is 11.8. The molecule has 294 valence electrons. The SMILES string of the molecule is c1ccc(-c2nc(-c3ccc(-c4cccc5c4oc4ccccc45)cc3)cc(-c3cc(-c4cccc5c4oc4ccccc45)ccc3-c3cccc4c3oc3ccccc34)n2)cc1. The van der Waals surface area contributed by atoms with Crippen molar-refractivity contribution in [1.29, 1.82) is 0 Å². The Morgan fingerprint density at radius 2 is 0.698 bits per heavy atom. The molecule has 4 aromatic heterocycles. The number of hydrogen-bond acceptors (Lipinski definition) is 5. The Balaban J connectivity index is 1.02. The van der Waals surface area contributed by atoms with Crippen molar-refractivity contribution in [1.82, 2.24) is 9.97 Å². The summed E-state index contributed by atoms with van der Waals surface area (Å²) in [6.07, 6.45) is 0. The molecular weight excluding hydrogens is 773 g/mol. The average molecular weight is 807 g/mol. The highest BCUT2D eigenvalue weighted by Gasteiger charge is 2.21. The van der Waals surface area contributed by atoms with Crippen LogP contribution in [0.25, 0.3) is 133 Å². The third-order valence-electron chi connectivity index (χ3n) is 12.4. The Labute approximate surface area is 361 Å². The van der Waals surface area contributed by atoms with E-state index in [1.54, 1.807) is 0 Å². The number of nitrogens with zero attached hydrogens (tertiary/aromatic N) is 2. The lowest BCUT2D eigenvalue weighted by Gasteiger charge is -2.15. The molecule has 0 radical (unpaired) electrons. The van der Waals surface area contributed by atoms with Gasteiger partial charge in [0.2, 0.25) is 0 Å². The second kappa shape index (κ2) is 14.0. The van der Waals surface area contributed by atoms with E-state index >= 15 is 0 Å². The third-order valence-corrected chi connectivity index (χ3v) is 12.4. The summed E-state index contributed by atoms with van der Waals surface area (Å²) in [4.78, 5) is 10.6. The number of rotatable bonds is 6. The summed E-state index contributed by atoms with van der Waals surface area (Å²) in [6.45, 7) is 0. The van der Waals surface area contributed by atoms with Crippen molar-refractivity contribution in [2.75, 3.05) is 0 Å². The van der Waals surface area contributed by atoms with Gasteiger partial charge in [-0.15, -0.1) is 0 Å². The van der Waals surface area contributed by atoms with E-state index in [4.69, 9.17) is 23.2 Å². The molecule has 0 spiro atoms. The molecule has 0 amide bonds. The van der Waals surface area contributed by atoms with Crippen molar-refractivity contribution in [3.8, 4) is 67.3 Å². The predicted molar refractivity (Wildman–Crippen MR) is 256 cm³/mol. The Kier molecular flexibility index (Phi) is 7.84. The Bertz CT molecular complexity index is 3910.